The van der Waals surface area contributed by atoms with Crippen molar-refractivity contribution in [3.8, 4) is 0 Å². The lowest BCUT2D eigenvalue weighted by atomic mass is 10.3. The summed E-state index contributed by atoms with van der Waals surface area (Å²) in [4.78, 5) is 0.0145. The van der Waals surface area contributed by atoms with E-state index in [0.717, 1.165) is 0 Å². The van der Waals surface area contributed by atoms with Crippen LogP contribution in [0.15, 0.2) is 39.8 Å². The van der Waals surface area contributed by atoms with Crippen LogP contribution in [0.2, 0.25) is 0 Å². The van der Waals surface area contributed by atoms with Gasteiger partial charge in [0.2, 0.25) is 0 Å². The van der Waals surface area contributed by atoms with E-state index in [1.54, 1.807) is 19.1 Å². The van der Waals surface area contributed by atoms with Crippen LogP contribution in [0.1, 0.15) is 5.76 Å². The minimum absolute atomic E-state index is 0.0145. The highest BCUT2D eigenvalue weighted by Gasteiger charge is 2.18. The van der Waals surface area contributed by atoms with Crippen molar-refractivity contribution in [3.63, 3.8) is 0 Å². The van der Waals surface area contributed by atoms with Crippen molar-refractivity contribution in [2.45, 2.75) is 11.8 Å². The van der Waals surface area contributed by atoms with E-state index in [2.05, 4.69) is 9.88 Å². The molecule has 2 aromatic rings. The number of nitrogens with zero attached hydrogens (tertiary/aromatic N) is 1. The highest BCUT2D eigenvalue weighted by atomic mass is 32.2. The monoisotopic (exact) mass is 253 g/mol. The van der Waals surface area contributed by atoms with Gasteiger partial charge in [0, 0.05) is 6.07 Å². The van der Waals surface area contributed by atoms with Gasteiger partial charge in [0.25, 0.3) is 10.0 Å². The number of sulfonamides is 1. The van der Waals surface area contributed by atoms with Gasteiger partial charge in [-0.25, -0.2) is 8.42 Å². The second-order valence-electron chi connectivity index (χ2n) is 3.47. The Morgan fingerprint density at radius 1 is 1.35 bits per heavy atom. The predicted octanol–water partition coefficient (Wildman–Crippen LogP) is 1.37. The van der Waals surface area contributed by atoms with Gasteiger partial charge in [0.1, 0.15) is 10.7 Å². The average Bonchev–Trinajstić information content (AvgIpc) is 2.63. The molecular formula is C10H11N3O3S. The standard InChI is InChI=1S/C10H11N3O3S/c1-7-6-10(12-16-7)13-17(14,15)9-5-3-2-4-8(9)11/h2-6H,11H2,1H3,(H,12,13). The summed E-state index contributed by atoms with van der Waals surface area (Å²) in [6.45, 7) is 1.67. The number of hydrogen-bond donors (Lipinski definition) is 2. The van der Waals surface area contributed by atoms with E-state index >= 15 is 0 Å². The molecule has 0 aliphatic carbocycles. The Labute approximate surface area is 98.5 Å². The molecular weight excluding hydrogens is 242 g/mol. The first-order valence-electron chi connectivity index (χ1n) is 4.80. The fourth-order valence-electron chi connectivity index (χ4n) is 1.33. The van der Waals surface area contributed by atoms with Crippen LogP contribution in [-0.4, -0.2) is 13.6 Å². The summed E-state index contributed by atoms with van der Waals surface area (Å²) >= 11 is 0. The van der Waals surface area contributed by atoms with Gasteiger partial charge >= 0.3 is 0 Å². The van der Waals surface area contributed by atoms with E-state index in [-0.39, 0.29) is 16.4 Å². The molecule has 0 aliphatic rings. The van der Waals surface area contributed by atoms with Crippen LogP contribution in [0.5, 0.6) is 0 Å². The van der Waals surface area contributed by atoms with E-state index in [9.17, 15) is 8.42 Å². The zero-order valence-electron chi connectivity index (χ0n) is 9.04. The number of nitrogens with two attached hydrogens (primary N) is 1. The van der Waals surface area contributed by atoms with Gasteiger partial charge in [0.05, 0.1) is 5.69 Å². The molecule has 6 nitrogen and oxygen atoms in total. The first-order valence-corrected chi connectivity index (χ1v) is 6.28. The van der Waals surface area contributed by atoms with Crippen LogP contribution >= 0.6 is 0 Å². The van der Waals surface area contributed by atoms with E-state index in [0.29, 0.717) is 5.76 Å². The molecule has 0 aliphatic heterocycles. The Kier molecular flexibility index (Phi) is 2.76. The third-order valence-corrected chi connectivity index (χ3v) is 3.50. The van der Waals surface area contributed by atoms with Gasteiger partial charge in [-0.1, -0.05) is 17.3 Å². The number of nitrogens with one attached hydrogen (secondary N) is 1. The highest BCUT2D eigenvalue weighted by molar-refractivity contribution is 7.92. The lowest BCUT2D eigenvalue weighted by Gasteiger charge is -2.06. The molecule has 2 rings (SSSR count). The Morgan fingerprint density at radius 2 is 2.06 bits per heavy atom. The smallest absolute Gasteiger partial charge is 0.265 e. The molecule has 7 heteroatoms. The van der Waals surface area contributed by atoms with Gasteiger partial charge in [-0.3, -0.25) is 4.72 Å². The summed E-state index contributed by atoms with van der Waals surface area (Å²) in [6.07, 6.45) is 0. The summed E-state index contributed by atoms with van der Waals surface area (Å²) in [5, 5.41) is 3.55. The molecule has 1 aromatic carbocycles. The van der Waals surface area contributed by atoms with Crippen molar-refractivity contribution < 1.29 is 12.9 Å². The van der Waals surface area contributed by atoms with E-state index in [4.69, 9.17) is 10.3 Å². The lowest BCUT2D eigenvalue weighted by molar-refractivity contribution is 0.400. The van der Waals surface area contributed by atoms with E-state index < -0.39 is 10.0 Å². The lowest BCUT2D eigenvalue weighted by Crippen LogP contribution is -2.14. The van der Waals surface area contributed by atoms with Gasteiger partial charge in [-0.05, 0) is 19.1 Å². The Bertz CT molecular complexity index is 634. The fraction of sp³-hybridized carbons (Fsp3) is 0.100. The number of nitrogen functional groups attached to an aromatic ring is 1. The highest BCUT2D eigenvalue weighted by Crippen LogP contribution is 2.20. The van der Waals surface area contributed by atoms with Crippen LogP contribution < -0.4 is 10.5 Å². The van der Waals surface area contributed by atoms with Crippen molar-refractivity contribution in [1.82, 2.24) is 5.16 Å². The fourth-order valence-corrected chi connectivity index (χ4v) is 2.45. The van der Waals surface area contributed by atoms with Gasteiger partial charge in [0.15, 0.2) is 5.82 Å². The van der Waals surface area contributed by atoms with Gasteiger partial charge < -0.3 is 10.3 Å². The number of anilines is 2. The van der Waals surface area contributed by atoms with Crippen molar-refractivity contribution in [1.29, 1.82) is 0 Å². The normalized spacial score (nSPS) is 11.4. The minimum atomic E-state index is -3.73. The minimum Gasteiger partial charge on any atom is -0.398 e. The van der Waals surface area contributed by atoms with Crippen molar-refractivity contribution in [2.75, 3.05) is 10.5 Å². The van der Waals surface area contributed by atoms with Crippen molar-refractivity contribution in [3.05, 3.63) is 36.1 Å². The maximum Gasteiger partial charge on any atom is 0.265 e. The van der Waals surface area contributed by atoms with Crippen molar-refractivity contribution in [2.24, 2.45) is 0 Å². The molecule has 0 saturated heterocycles. The van der Waals surface area contributed by atoms with Crippen LogP contribution in [0.3, 0.4) is 0 Å². The molecule has 0 amide bonds. The van der Waals surface area contributed by atoms with Gasteiger partial charge in [-0.15, -0.1) is 0 Å². The predicted molar refractivity (Wildman–Crippen MR) is 62.9 cm³/mol. The summed E-state index contributed by atoms with van der Waals surface area (Å²) in [6, 6.07) is 7.68. The van der Waals surface area contributed by atoms with Crippen LogP contribution in [0.25, 0.3) is 0 Å². The first kappa shape index (κ1) is 11.5. The maximum absolute atomic E-state index is 12.0. The molecule has 90 valence electrons. The third-order valence-electron chi connectivity index (χ3n) is 2.08. The SMILES string of the molecule is Cc1cc(NS(=O)(=O)c2ccccc2N)no1. The zero-order chi connectivity index (χ0) is 12.5. The molecule has 3 N–H and O–H groups in total. The number of aryl methyl sites for hydroxylation is 1. The number of aromatic nitrogens is 1. The summed E-state index contributed by atoms with van der Waals surface area (Å²) < 4.78 is 31.0. The third kappa shape index (κ3) is 2.39. The molecule has 0 radical (unpaired) electrons. The Morgan fingerprint density at radius 3 is 2.65 bits per heavy atom. The van der Waals surface area contributed by atoms with E-state index in [1.807, 2.05) is 0 Å². The molecule has 0 saturated carbocycles. The Hall–Kier alpha value is -2.02. The van der Waals surface area contributed by atoms with Crippen LogP contribution in [-0.2, 0) is 10.0 Å². The topological polar surface area (TPSA) is 98.2 Å². The second kappa shape index (κ2) is 4.10. The average molecular weight is 253 g/mol. The number of hydrogen-bond acceptors (Lipinski definition) is 5. The molecule has 0 unspecified atom stereocenters. The molecule has 1 aromatic heterocycles. The van der Waals surface area contributed by atoms with Gasteiger partial charge in [-0.2, -0.15) is 0 Å². The zero-order valence-corrected chi connectivity index (χ0v) is 9.86. The summed E-state index contributed by atoms with van der Waals surface area (Å²) in [7, 11) is -3.73. The second-order valence-corrected chi connectivity index (χ2v) is 5.12. The Balaban J connectivity index is 2.35. The van der Waals surface area contributed by atoms with Crippen LogP contribution in [0, 0.1) is 6.92 Å². The molecule has 0 fully saturated rings. The maximum atomic E-state index is 12.0. The summed E-state index contributed by atoms with van der Waals surface area (Å²) in [5.74, 6) is 0.648. The largest absolute Gasteiger partial charge is 0.398 e. The van der Waals surface area contributed by atoms with Crippen molar-refractivity contribution >= 4 is 21.5 Å². The van der Waals surface area contributed by atoms with E-state index in [1.165, 1.54) is 18.2 Å². The number of rotatable bonds is 3. The molecule has 0 bridgehead atoms. The van der Waals surface area contributed by atoms with Crippen LogP contribution in [0.4, 0.5) is 11.5 Å². The number of para-hydroxylation sites is 1. The molecule has 1 heterocycles. The molecule has 17 heavy (non-hydrogen) atoms. The number of benzene rings is 1. The first-order chi connectivity index (χ1) is 7.99. The quantitative estimate of drug-likeness (QED) is 0.805. The molecule has 0 atom stereocenters. The molecule has 0 spiro atoms. The summed E-state index contributed by atoms with van der Waals surface area (Å²) in [5.41, 5.74) is 5.78.